The van der Waals surface area contributed by atoms with E-state index in [2.05, 4.69) is 26.5 Å². The van der Waals surface area contributed by atoms with Crippen molar-refractivity contribution in [2.24, 2.45) is 0 Å². The first-order valence-corrected chi connectivity index (χ1v) is 14.1. The number of rotatable bonds is 21. The Morgan fingerprint density at radius 3 is 1.41 bits per heavy atom. The van der Waals surface area contributed by atoms with E-state index >= 15 is 0 Å². The highest BCUT2D eigenvalue weighted by molar-refractivity contribution is 7.80. The number of likely N-dealkylation sites (tertiary alicyclic amines) is 1. The summed E-state index contributed by atoms with van der Waals surface area (Å²) in [5, 5.41) is 0.370. The smallest absolute Gasteiger partial charge is 0.409 e. The number of hydrogen-bond donors (Lipinski definition) is 1. The first-order chi connectivity index (χ1) is 18.4. The number of nitrogens with zero attached hydrogens (tertiary/aromatic N) is 1. The number of esters is 1. The van der Waals surface area contributed by atoms with Gasteiger partial charge in [0.2, 0.25) is 0 Å². The van der Waals surface area contributed by atoms with Crippen molar-refractivity contribution >= 4 is 30.5 Å². The fraction of sp³-hybridized carbons (Fsp3) is 0.889. The number of amides is 1. The first kappa shape index (κ1) is 39.7. The van der Waals surface area contributed by atoms with Crippen LogP contribution < -0.4 is 0 Å². The Bertz CT molecular complexity index is 589. The third-order valence-corrected chi connectivity index (χ3v) is 5.35. The lowest BCUT2D eigenvalue weighted by Crippen LogP contribution is -2.39. The molecule has 12 heteroatoms. The number of carbonyl (C=O) groups is 3. The van der Waals surface area contributed by atoms with Gasteiger partial charge >= 0.3 is 12.1 Å². The van der Waals surface area contributed by atoms with Crippen molar-refractivity contribution in [3.8, 4) is 0 Å². The highest BCUT2D eigenvalue weighted by atomic mass is 32.1. The van der Waals surface area contributed by atoms with Crippen molar-refractivity contribution in [1.29, 1.82) is 0 Å². The topological polar surface area (TPSA) is 119 Å². The van der Waals surface area contributed by atoms with Crippen molar-refractivity contribution in [2.75, 3.05) is 92.4 Å². The zero-order chi connectivity index (χ0) is 28.3. The molecule has 1 aliphatic rings. The number of ketones is 1. The summed E-state index contributed by atoms with van der Waals surface area (Å²) < 4.78 is 37.0. The van der Waals surface area contributed by atoms with Crippen molar-refractivity contribution in [3.05, 3.63) is 0 Å². The molecule has 1 rings (SSSR count). The minimum atomic E-state index is -0.396. The van der Waals surface area contributed by atoms with Gasteiger partial charge in [0, 0.05) is 24.8 Å². The SMILES string of the molecule is C.CC(=O)CCC(=O)OCCOCCOCCOCCOCCOCCOC(=O)N1CCC(S)CC1.CCC. The number of thiol groups is 1. The van der Waals surface area contributed by atoms with Gasteiger partial charge in [0.05, 0.1) is 72.5 Å². The lowest BCUT2D eigenvalue weighted by molar-refractivity contribution is -0.146. The number of hydrogen-bond acceptors (Lipinski definition) is 11. The summed E-state index contributed by atoms with van der Waals surface area (Å²) in [7, 11) is 0. The molecule has 1 saturated heterocycles. The third kappa shape index (κ3) is 27.9. The van der Waals surface area contributed by atoms with Crippen LogP contribution in [0.4, 0.5) is 4.79 Å². The standard InChI is InChI=1S/C23H41NO10S.C3H8.CH4/c1-20(25)2-3-22(26)33-18-16-31-14-12-29-10-8-28-9-11-30-13-15-32-17-19-34-23(27)24-6-4-21(35)5-7-24;1-3-2;/h21,35H,2-19H2,1H3;3H2,1-2H3;1H4. The summed E-state index contributed by atoms with van der Waals surface area (Å²) in [4.78, 5) is 35.6. The van der Waals surface area contributed by atoms with E-state index in [9.17, 15) is 14.4 Å². The van der Waals surface area contributed by atoms with Crippen LogP contribution in [0.1, 0.15) is 60.3 Å². The van der Waals surface area contributed by atoms with Crippen LogP contribution in [-0.2, 0) is 42.7 Å². The highest BCUT2D eigenvalue weighted by Gasteiger charge is 2.21. The second-order valence-electron chi connectivity index (χ2n) is 8.52. The maximum atomic E-state index is 11.9. The van der Waals surface area contributed by atoms with Gasteiger partial charge in [-0.05, 0) is 19.8 Å². The first-order valence-electron chi connectivity index (χ1n) is 13.5. The molecule has 0 aromatic heterocycles. The predicted octanol–water partition coefficient (Wildman–Crippen LogP) is 3.57. The zero-order valence-electron chi connectivity index (χ0n) is 23.5. The van der Waals surface area contributed by atoms with Gasteiger partial charge in [0.1, 0.15) is 19.0 Å². The summed E-state index contributed by atoms with van der Waals surface area (Å²) in [5.41, 5.74) is 0. The van der Waals surface area contributed by atoms with Gasteiger partial charge in [-0.3, -0.25) is 4.79 Å². The maximum Gasteiger partial charge on any atom is 0.409 e. The Labute approximate surface area is 240 Å². The minimum absolute atomic E-state index is 0. The molecule has 0 unspecified atom stereocenters. The van der Waals surface area contributed by atoms with Gasteiger partial charge < -0.3 is 42.9 Å². The molecule has 0 aromatic carbocycles. The average Bonchev–Trinajstić information content (AvgIpc) is 2.89. The van der Waals surface area contributed by atoms with Gasteiger partial charge in [-0.2, -0.15) is 12.6 Å². The molecular formula is C27H53NO10S. The van der Waals surface area contributed by atoms with Crippen molar-refractivity contribution < 1.29 is 47.5 Å². The Hall–Kier alpha value is -1.44. The van der Waals surface area contributed by atoms with Crippen LogP contribution in [0.3, 0.4) is 0 Å². The van der Waals surface area contributed by atoms with E-state index in [0.29, 0.717) is 77.8 Å². The monoisotopic (exact) mass is 583 g/mol. The molecule has 0 bridgehead atoms. The molecule has 232 valence electrons. The Balaban J connectivity index is 0. The number of carbonyl (C=O) groups excluding carboxylic acids is 3. The molecule has 1 aliphatic heterocycles. The van der Waals surface area contributed by atoms with Crippen molar-refractivity contribution in [2.45, 2.75) is 65.6 Å². The quantitative estimate of drug-likeness (QED) is 0.122. The molecule has 0 atom stereocenters. The summed E-state index contributed by atoms with van der Waals surface area (Å²) in [6.45, 7) is 11.5. The lowest BCUT2D eigenvalue weighted by atomic mass is 10.1. The molecule has 0 N–H and O–H groups in total. The van der Waals surface area contributed by atoms with Gasteiger partial charge in [0.25, 0.3) is 0 Å². The largest absolute Gasteiger partial charge is 0.463 e. The van der Waals surface area contributed by atoms with E-state index in [1.54, 1.807) is 4.90 Å². The highest BCUT2D eigenvalue weighted by Crippen LogP contribution is 2.15. The Morgan fingerprint density at radius 2 is 1.03 bits per heavy atom. The maximum absolute atomic E-state index is 11.9. The molecule has 0 radical (unpaired) electrons. The fourth-order valence-corrected chi connectivity index (χ4v) is 3.10. The summed E-state index contributed by atoms with van der Waals surface area (Å²) in [5.74, 6) is -0.433. The predicted molar refractivity (Wildman–Crippen MR) is 153 cm³/mol. The van der Waals surface area contributed by atoms with Crippen LogP contribution >= 0.6 is 12.6 Å². The van der Waals surface area contributed by atoms with Crippen LogP contribution in [0.5, 0.6) is 0 Å². The van der Waals surface area contributed by atoms with E-state index in [-0.39, 0.29) is 52.0 Å². The van der Waals surface area contributed by atoms with Crippen molar-refractivity contribution in [3.63, 3.8) is 0 Å². The van der Waals surface area contributed by atoms with Crippen LogP contribution in [0.15, 0.2) is 0 Å². The Morgan fingerprint density at radius 1 is 0.667 bits per heavy atom. The van der Waals surface area contributed by atoms with E-state index in [4.69, 9.17) is 33.2 Å². The molecule has 1 heterocycles. The normalized spacial score (nSPS) is 13.2. The van der Waals surface area contributed by atoms with Gasteiger partial charge in [-0.15, -0.1) is 0 Å². The molecule has 0 saturated carbocycles. The second kappa shape index (κ2) is 29.5. The molecule has 11 nitrogen and oxygen atoms in total. The molecule has 0 aromatic rings. The van der Waals surface area contributed by atoms with Gasteiger partial charge in [-0.25, -0.2) is 4.79 Å². The van der Waals surface area contributed by atoms with Crippen molar-refractivity contribution in [1.82, 2.24) is 4.90 Å². The lowest BCUT2D eigenvalue weighted by Gasteiger charge is -2.28. The van der Waals surface area contributed by atoms with E-state index in [1.807, 2.05) is 0 Å². The number of ether oxygens (including phenoxy) is 7. The summed E-state index contributed by atoms with van der Waals surface area (Å²) in [6.07, 6.45) is 3.05. The van der Waals surface area contributed by atoms with Crippen LogP contribution in [0, 0.1) is 0 Å². The summed E-state index contributed by atoms with van der Waals surface area (Å²) >= 11 is 4.41. The van der Waals surface area contributed by atoms with E-state index < -0.39 is 5.97 Å². The molecule has 0 aliphatic carbocycles. The molecule has 0 spiro atoms. The third-order valence-electron chi connectivity index (χ3n) is 4.84. The van der Waals surface area contributed by atoms with E-state index in [1.165, 1.54) is 13.3 Å². The van der Waals surface area contributed by atoms with Crippen LogP contribution in [-0.4, -0.2) is 120 Å². The van der Waals surface area contributed by atoms with E-state index in [0.717, 1.165) is 12.8 Å². The zero-order valence-corrected chi connectivity index (χ0v) is 24.4. The average molecular weight is 584 g/mol. The van der Waals surface area contributed by atoms with Gasteiger partial charge in [-0.1, -0.05) is 27.7 Å². The second-order valence-corrected chi connectivity index (χ2v) is 9.25. The number of piperidine rings is 1. The molecule has 39 heavy (non-hydrogen) atoms. The van der Waals surface area contributed by atoms with Gasteiger partial charge in [0.15, 0.2) is 0 Å². The molecule has 1 amide bonds. The van der Waals surface area contributed by atoms with Crippen LogP contribution in [0.2, 0.25) is 0 Å². The molecular weight excluding hydrogens is 530 g/mol. The summed E-state index contributed by atoms with van der Waals surface area (Å²) in [6, 6.07) is 0. The molecule has 1 fully saturated rings. The number of Topliss-reactive ketones (excluding diaryl/α,β-unsaturated/α-hetero) is 1. The minimum Gasteiger partial charge on any atom is -0.463 e. The Kier molecular flexibility index (Phi) is 30.1. The fourth-order valence-electron chi connectivity index (χ4n) is 2.87. The van der Waals surface area contributed by atoms with Crippen LogP contribution in [0.25, 0.3) is 0 Å².